The molecule has 38 heavy (non-hydrogen) atoms. The summed E-state index contributed by atoms with van der Waals surface area (Å²) in [6.45, 7) is 8.51. The lowest BCUT2D eigenvalue weighted by molar-refractivity contribution is 0.264. The summed E-state index contributed by atoms with van der Waals surface area (Å²) in [4.78, 5) is 2.95. The van der Waals surface area contributed by atoms with E-state index < -0.39 is 9.84 Å². The minimum absolute atomic E-state index is 0.0835. The van der Waals surface area contributed by atoms with Crippen LogP contribution in [0.15, 0.2) is 82.8 Å². The number of likely N-dealkylation sites (N-methyl/N-ethyl adjacent to an activating group) is 1. The Morgan fingerprint density at radius 3 is 2.47 bits per heavy atom. The first-order valence-corrected chi connectivity index (χ1v) is 14.6. The number of hydrogen-bond acceptors (Lipinski definition) is 5. The standard InChI is InChI=1S/C31H38N2O4S/c1-23(2)28-22-33-18-7-6-9-29(33)31(28)38(34,35)27-14-12-26(13-15-27)37-20-8-17-32(4)19-16-25-11-10-24(3)30(21-25)36-5/h6-7,9-15,18,21-23H,8,16-17,19-20H2,1-5H3. The fourth-order valence-electron chi connectivity index (χ4n) is 4.63. The number of hydrogen-bond donors (Lipinski definition) is 0. The summed E-state index contributed by atoms with van der Waals surface area (Å²) in [6.07, 6.45) is 5.63. The van der Waals surface area contributed by atoms with E-state index in [4.69, 9.17) is 9.47 Å². The molecule has 0 atom stereocenters. The number of aromatic nitrogens is 1. The average molecular weight is 535 g/mol. The molecule has 0 aliphatic rings. The average Bonchev–Trinajstić information content (AvgIpc) is 3.32. The molecule has 202 valence electrons. The van der Waals surface area contributed by atoms with Crippen molar-refractivity contribution in [3.8, 4) is 11.5 Å². The zero-order valence-electron chi connectivity index (χ0n) is 23.0. The first-order valence-electron chi connectivity index (χ1n) is 13.1. The Balaban J connectivity index is 1.31. The largest absolute Gasteiger partial charge is 0.496 e. The number of pyridine rings is 1. The first kappa shape index (κ1) is 27.7. The number of rotatable bonds is 12. The van der Waals surface area contributed by atoms with Crippen LogP contribution in [0.25, 0.3) is 5.52 Å². The van der Waals surface area contributed by atoms with Gasteiger partial charge in [-0.3, -0.25) is 0 Å². The van der Waals surface area contributed by atoms with Gasteiger partial charge in [0.05, 0.1) is 24.1 Å². The molecule has 0 spiro atoms. The third kappa shape index (κ3) is 6.22. The second kappa shape index (κ2) is 12.0. The summed E-state index contributed by atoms with van der Waals surface area (Å²) in [7, 11) is 0.141. The van der Waals surface area contributed by atoms with Gasteiger partial charge >= 0.3 is 0 Å². The van der Waals surface area contributed by atoms with E-state index in [1.54, 1.807) is 31.4 Å². The van der Waals surface area contributed by atoms with Crippen molar-refractivity contribution in [1.82, 2.24) is 9.30 Å². The molecule has 0 aliphatic heterocycles. The molecule has 2 aromatic heterocycles. The summed E-state index contributed by atoms with van der Waals surface area (Å²) in [5, 5.41) is 0. The van der Waals surface area contributed by atoms with Gasteiger partial charge < -0.3 is 18.8 Å². The summed E-state index contributed by atoms with van der Waals surface area (Å²) in [6, 6.07) is 18.8. The van der Waals surface area contributed by atoms with Crippen molar-refractivity contribution in [2.75, 3.05) is 33.9 Å². The molecule has 6 nitrogen and oxygen atoms in total. The highest BCUT2D eigenvalue weighted by molar-refractivity contribution is 7.91. The van der Waals surface area contributed by atoms with Crippen LogP contribution < -0.4 is 9.47 Å². The van der Waals surface area contributed by atoms with Gasteiger partial charge in [-0.15, -0.1) is 0 Å². The molecule has 7 heteroatoms. The Morgan fingerprint density at radius 1 is 1.00 bits per heavy atom. The number of nitrogens with zero attached hydrogens (tertiary/aromatic N) is 2. The minimum Gasteiger partial charge on any atom is -0.496 e. The molecule has 0 N–H and O–H groups in total. The molecule has 2 heterocycles. The lowest BCUT2D eigenvalue weighted by Gasteiger charge is -2.17. The smallest absolute Gasteiger partial charge is 0.209 e. The molecular weight excluding hydrogens is 496 g/mol. The van der Waals surface area contributed by atoms with Gasteiger partial charge in [-0.2, -0.15) is 0 Å². The Morgan fingerprint density at radius 2 is 1.76 bits per heavy atom. The molecule has 4 rings (SSSR count). The molecule has 4 aromatic rings. The zero-order valence-corrected chi connectivity index (χ0v) is 23.8. The van der Waals surface area contributed by atoms with Gasteiger partial charge in [0, 0.05) is 25.5 Å². The van der Waals surface area contributed by atoms with Gasteiger partial charge in [0.1, 0.15) is 16.4 Å². The zero-order chi connectivity index (χ0) is 27.3. The van der Waals surface area contributed by atoms with Crippen molar-refractivity contribution in [3.05, 3.63) is 89.7 Å². The number of ether oxygens (including phenoxy) is 2. The molecule has 0 saturated carbocycles. The van der Waals surface area contributed by atoms with Crippen LogP contribution in [0, 0.1) is 6.92 Å². The lowest BCUT2D eigenvalue weighted by atomic mass is 10.1. The second-order valence-corrected chi connectivity index (χ2v) is 12.0. The molecule has 0 amide bonds. The van der Waals surface area contributed by atoms with Crippen LogP contribution in [0.5, 0.6) is 11.5 Å². The van der Waals surface area contributed by atoms with E-state index in [9.17, 15) is 8.42 Å². The van der Waals surface area contributed by atoms with E-state index in [0.717, 1.165) is 42.8 Å². The second-order valence-electron chi connectivity index (χ2n) is 10.1. The minimum atomic E-state index is -3.68. The van der Waals surface area contributed by atoms with Gasteiger partial charge in [0.25, 0.3) is 0 Å². The van der Waals surface area contributed by atoms with Crippen molar-refractivity contribution in [1.29, 1.82) is 0 Å². The highest BCUT2D eigenvalue weighted by atomic mass is 32.2. The number of methoxy groups -OCH3 is 1. The number of sulfone groups is 1. The van der Waals surface area contributed by atoms with Crippen LogP contribution in [0.2, 0.25) is 0 Å². The predicted molar refractivity (Wildman–Crippen MR) is 152 cm³/mol. The van der Waals surface area contributed by atoms with Gasteiger partial charge in [0.15, 0.2) is 0 Å². The van der Waals surface area contributed by atoms with E-state index in [-0.39, 0.29) is 10.8 Å². The molecule has 0 radical (unpaired) electrons. The molecule has 2 aromatic carbocycles. The van der Waals surface area contributed by atoms with Gasteiger partial charge in [-0.25, -0.2) is 8.42 Å². The summed E-state index contributed by atoms with van der Waals surface area (Å²) in [5.74, 6) is 1.68. The molecule has 0 aliphatic carbocycles. The maximum Gasteiger partial charge on any atom is 0.209 e. The van der Waals surface area contributed by atoms with Crippen LogP contribution in [0.4, 0.5) is 0 Å². The SMILES string of the molecule is COc1cc(CCN(C)CCCOc2ccc(S(=O)(=O)c3c(C(C)C)cn4ccccc34)cc2)ccc1C. The Hall–Kier alpha value is -3.29. The van der Waals surface area contributed by atoms with Gasteiger partial charge in [-0.1, -0.05) is 32.0 Å². The molecule has 0 fully saturated rings. The van der Waals surface area contributed by atoms with Crippen LogP contribution in [-0.4, -0.2) is 51.6 Å². The molecular formula is C31H38N2O4S. The van der Waals surface area contributed by atoms with Crippen molar-refractivity contribution in [2.24, 2.45) is 0 Å². The highest BCUT2D eigenvalue weighted by Gasteiger charge is 2.27. The van der Waals surface area contributed by atoms with Crippen LogP contribution >= 0.6 is 0 Å². The number of aryl methyl sites for hydroxylation is 1. The van der Waals surface area contributed by atoms with E-state index in [1.165, 1.54) is 5.56 Å². The van der Waals surface area contributed by atoms with E-state index in [2.05, 4.69) is 30.1 Å². The predicted octanol–water partition coefficient (Wildman–Crippen LogP) is 6.16. The van der Waals surface area contributed by atoms with Crippen LogP contribution in [0.3, 0.4) is 0 Å². The van der Waals surface area contributed by atoms with Crippen molar-refractivity contribution >= 4 is 15.4 Å². The van der Waals surface area contributed by atoms with Crippen molar-refractivity contribution in [2.45, 2.75) is 49.3 Å². The highest BCUT2D eigenvalue weighted by Crippen LogP contribution is 2.34. The third-order valence-corrected chi connectivity index (χ3v) is 8.77. The quantitative estimate of drug-likeness (QED) is 0.204. The first-order chi connectivity index (χ1) is 18.2. The van der Waals surface area contributed by atoms with Crippen LogP contribution in [0.1, 0.15) is 42.9 Å². The molecule has 0 bridgehead atoms. The van der Waals surface area contributed by atoms with E-state index in [0.29, 0.717) is 22.8 Å². The number of benzene rings is 2. The Kier molecular flexibility index (Phi) is 8.80. The maximum atomic E-state index is 13.6. The Labute approximate surface area is 226 Å². The molecule has 0 saturated heterocycles. The summed E-state index contributed by atoms with van der Waals surface area (Å²) in [5.41, 5.74) is 3.93. The fourth-order valence-corrected chi connectivity index (χ4v) is 6.41. The van der Waals surface area contributed by atoms with Crippen molar-refractivity contribution in [3.63, 3.8) is 0 Å². The lowest BCUT2D eigenvalue weighted by Crippen LogP contribution is -2.23. The van der Waals surface area contributed by atoms with Gasteiger partial charge in [-0.05, 0) is 91.9 Å². The fraction of sp³-hybridized carbons (Fsp3) is 0.355. The van der Waals surface area contributed by atoms with Gasteiger partial charge in [0.2, 0.25) is 9.84 Å². The maximum absolute atomic E-state index is 13.6. The third-order valence-electron chi connectivity index (χ3n) is 6.90. The normalized spacial score (nSPS) is 12.0. The Bertz CT molecular complexity index is 1470. The van der Waals surface area contributed by atoms with Crippen LogP contribution in [-0.2, 0) is 16.3 Å². The monoisotopic (exact) mass is 534 g/mol. The van der Waals surface area contributed by atoms with E-state index >= 15 is 0 Å². The van der Waals surface area contributed by atoms with Crippen molar-refractivity contribution < 1.29 is 17.9 Å². The number of fused-ring (bicyclic) bond motifs is 1. The molecule has 0 unspecified atom stereocenters. The topological polar surface area (TPSA) is 60.2 Å². The summed E-state index contributed by atoms with van der Waals surface area (Å²) >= 11 is 0. The van der Waals surface area contributed by atoms with E-state index in [1.807, 2.05) is 55.8 Å². The summed E-state index contributed by atoms with van der Waals surface area (Å²) < 4.78 is 40.5.